The smallest absolute Gasteiger partial charge is 0.266 e. The van der Waals surface area contributed by atoms with Crippen LogP contribution in [0.15, 0.2) is 52.6 Å². The summed E-state index contributed by atoms with van der Waals surface area (Å²) in [6.07, 6.45) is 0. The van der Waals surface area contributed by atoms with E-state index in [1.165, 1.54) is 16.9 Å². The molecule has 0 spiro atoms. The Bertz CT molecular complexity index is 1140. The van der Waals surface area contributed by atoms with Crippen LogP contribution < -0.4 is 15.6 Å². The first kappa shape index (κ1) is 16.8. The molecular formula is C21H20N2O2S. The number of ether oxygens (including phenoxy) is 1. The molecule has 0 saturated carbocycles. The van der Waals surface area contributed by atoms with Gasteiger partial charge in [0, 0.05) is 27.9 Å². The van der Waals surface area contributed by atoms with E-state index in [0.29, 0.717) is 6.04 Å². The van der Waals surface area contributed by atoms with Crippen molar-refractivity contribution in [2.75, 3.05) is 14.2 Å². The highest BCUT2D eigenvalue weighted by Crippen LogP contribution is 2.40. The highest BCUT2D eigenvalue weighted by Gasteiger charge is 2.16. The van der Waals surface area contributed by atoms with Gasteiger partial charge in [-0.25, -0.2) is 0 Å². The van der Waals surface area contributed by atoms with Crippen molar-refractivity contribution in [3.05, 3.63) is 63.8 Å². The highest BCUT2D eigenvalue weighted by molar-refractivity contribution is 7.17. The molecule has 2 N–H and O–H groups in total. The lowest BCUT2D eigenvalue weighted by molar-refractivity contribution is 0.417. The summed E-state index contributed by atoms with van der Waals surface area (Å²) < 4.78 is 6.40. The van der Waals surface area contributed by atoms with Crippen molar-refractivity contribution >= 4 is 32.3 Å². The third kappa shape index (κ3) is 2.60. The van der Waals surface area contributed by atoms with Gasteiger partial charge < -0.3 is 15.0 Å². The van der Waals surface area contributed by atoms with Crippen LogP contribution in [0.1, 0.15) is 18.5 Å². The maximum Gasteiger partial charge on any atom is 0.266 e. The van der Waals surface area contributed by atoms with Gasteiger partial charge in [0.15, 0.2) is 0 Å². The number of hydrogen-bond donors (Lipinski definition) is 2. The summed E-state index contributed by atoms with van der Waals surface area (Å²) in [5.74, 6) is 0.798. The van der Waals surface area contributed by atoms with E-state index in [-0.39, 0.29) is 5.56 Å². The minimum atomic E-state index is -0.0446. The molecule has 0 radical (unpaired) electrons. The van der Waals surface area contributed by atoms with Crippen molar-refractivity contribution in [1.82, 2.24) is 10.3 Å². The first-order chi connectivity index (χ1) is 12.6. The molecule has 0 aliphatic rings. The van der Waals surface area contributed by atoms with Gasteiger partial charge in [0.25, 0.3) is 5.56 Å². The molecule has 0 amide bonds. The first-order valence-electron chi connectivity index (χ1n) is 8.52. The second kappa shape index (κ2) is 6.59. The number of methoxy groups -OCH3 is 1. The van der Waals surface area contributed by atoms with Crippen LogP contribution in [0.2, 0.25) is 0 Å². The van der Waals surface area contributed by atoms with Crippen LogP contribution in [0.3, 0.4) is 0 Å². The van der Waals surface area contributed by atoms with Crippen molar-refractivity contribution in [2.24, 2.45) is 0 Å². The quantitative estimate of drug-likeness (QED) is 0.552. The average molecular weight is 364 g/mol. The fourth-order valence-corrected chi connectivity index (χ4v) is 4.19. The summed E-state index contributed by atoms with van der Waals surface area (Å²) in [6.45, 7) is 2.13. The van der Waals surface area contributed by atoms with E-state index in [1.807, 2.05) is 30.6 Å². The van der Waals surface area contributed by atoms with Crippen LogP contribution in [-0.4, -0.2) is 19.1 Å². The number of nitrogens with one attached hydrogen (secondary N) is 2. The second-order valence-electron chi connectivity index (χ2n) is 6.32. The van der Waals surface area contributed by atoms with Crippen LogP contribution in [0.25, 0.3) is 32.1 Å². The van der Waals surface area contributed by atoms with Crippen molar-refractivity contribution < 1.29 is 4.74 Å². The molecule has 4 rings (SSSR count). The van der Waals surface area contributed by atoms with Crippen LogP contribution in [0, 0.1) is 0 Å². The fraction of sp³-hybridized carbons (Fsp3) is 0.190. The van der Waals surface area contributed by atoms with Gasteiger partial charge >= 0.3 is 0 Å². The highest BCUT2D eigenvalue weighted by atomic mass is 32.1. The fourth-order valence-electron chi connectivity index (χ4n) is 3.39. The molecular weight excluding hydrogens is 344 g/mol. The minimum absolute atomic E-state index is 0.0446. The Morgan fingerprint density at radius 2 is 1.88 bits per heavy atom. The minimum Gasteiger partial charge on any atom is -0.496 e. The zero-order chi connectivity index (χ0) is 18.3. The summed E-state index contributed by atoms with van der Waals surface area (Å²) in [4.78, 5) is 15.3. The number of thiophene rings is 1. The molecule has 132 valence electrons. The van der Waals surface area contributed by atoms with Gasteiger partial charge in [-0.1, -0.05) is 24.3 Å². The lowest BCUT2D eigenvalue weighted by Crippen LogP contribution is -2.11. The number of benzene rings is 2. The third-order valence-corrected chi connectivity index (χ3v) is 5.82. The Labute approximate surface area is 155 Å². The topological polar surface area (TPSA) is 54.1 Å². The summed E-state index contributed by atoms with van der Waals surface area (Å²) in [5, 5.41) is 7.21. The molecule has 0 unspecified atom stereocenters. The zero-order valence-corrected chi connectivity index (χ0v) is 15.7. The predicted molar refractivity (Wildman–Crippen MR) is 109 cm³/mol. The van der Waals surface area contributed by atoms with E-state index in [0.717, 1.165) is 37.9 Å². The van der Waals surface area contributed by atoms with Crippen molar-refractivity contribution in [1.29, 1.82) is 0 Å². The van der Waals surface area contributed by atoms with E-state index in [4.69, 9.17) is 4.74 Å². The van der Waals surface area contributed by atoms with Crippen molar-refractivity contribution in [3.8, 4) is 16.9 Å². The molecule has 0 aliphatic heterocycles. The van der Waals surface area contributed by atoms with Crippen LogP contribution in [0.5, 0.6) is 5.75 Å². The molecule has 1 atom stereocenters. The molecule has 26 heavy (non-hydrogen) atoms. The number of hydrogen-bond acceptors (Lipinski definition) is 4. The van der Waals surface area contributed by atoms with Crippen LogP contribution in [-0.2, 0) is 0 Å². The van der Waals surface area contributed by atoms with Gasteiger partial charge in [0.05, 0.1) is 7.11 Å². The number of aromatic nitrogens is 1. The van der Waals surface area contributed by atoms with Gasteiger partial charge in [0.2, 0.25) is 0 Å². The van der Waals surface area contributed by atoms with E-state index >= 15 is 0 Å². The zero-order valence-electron chi connectivity index (χ0n) is 14.9. The van der Waals surface area contributed by atoms with Crippen LogP contribution in [0.4, 0.5) is 0 Å². The Hall–Kier alpha value is -2.63. The summed E-state index contributed by atoms with van der Waals surface area (Å²) >= 11 is 1.46. The normalized spacial score (nSPS) is 12.6. The number of fused-ring (bicyclic) bond motifs is 3. The lowest BCUT2D eigenvalue weighted by Gasteiger charge is -2.15. The van der Waals surface area contributed by atoms with Crippen molar-refractivity contribution in [2.45, 2.75) is 13.0 Å². The molecule has 0 bridgehead atoms. The lowest BCUT2D eigenvalue weighted by atomic mass is 9.95. The van der Waals surface area contributed by atoms with Crippen LogP contribution >= 0.6 is 11.3 Å². The SMILES string of the molecule is CN[C@@H](C)c1ccc(-c2c(OC)ccc3[nH]c(=O)c4sccc4c23)cc1. The third-order valence-electron chi connectivity index (χ3n) is 4.91. The van der Waals surface area contributed by atoms with E-state index in [9.17, 15) is 4.79 Å². The maximum atomic E-state index is 12.3. The number of rotatable bonds is 4. The Morgan fingerprint density at radius 3 is 2.58 bits per heavy atom. The van der Waals surface area contributed by atoms with Gasteiger partial charge in [-0.15, -0.1) is 11.3 Å². The molecule has 4 nitrogen and oxygen atoms in total. The Morgan fingerprint density at radius 1 is 1.12 bits per heavy atom. The molecule has 2 heterocycles. The number of pyridine rings is 1. The summed E-state index contributed by atoms with van der Waals surface area (Å²) in [7, 11) is 3.63. The number of aromatic amines is 1. The van der Waals surface area contributed by atoms with Gasteiger partial charge in [-0.3, -0.25) is 4.79 Å². The van der Waals surface area contributed by atoms with Gasteiger partial charge in [-0.05, 0) is 48.7 Å². The first-order valence-corrected chi connectivity index (χ1v) is 9.39. The van der Waals surface area contributed by atoms with Crippen molar-refractivity contribution in [3.63, 3.8) is 0 Å². The standard InChI is InChI=1S/C21H20N2O2S/c1-12(22-2)13-4-6-14(7-5-13)18-17(25-3)9-8-16-19(18)15-10-11-26-20(15)21(24)23-16/h4-12,22H,1-3H3,(H,23,24)/t12-/m0/s1. The van der Waals surface area contributed by atoms with E-state index in [1.54, 1.807) is 7.11 Å². The number of H-pyrrole nitrogens is 1. The molecule has 2 aromatic heterocycles. The summed E-state index contributed by atoms with van der Waals surface area (Å²) in [5.41, 5.74) is 4.08. The molecule has 2 aromatic carbocycles. The molecule has 0 aliphatic carbocycles. The average Bonchev–Trinajstić information content (AvgIpc) is 3.17. The Balaban J connectivity index is 2.04. The Kier molecular flexibility index (Phi) is 4.26. The maximum absolute atomic E-state index is 12.3. The van der Waals surface area contributed by atoms with E-state index in [2.05, 4.69) is 41.5 Å². The molecule has 0 saturated heterocycles. The predicted octanol–water partition coefficient (Wildman–Crippen LogP) is 4.70. The van der Waals surface area contributed by atoms with E-state index < -0.39 is 0 Å². The largest absolute Gasteiger partial charge is 0.496 e. The van der Waals surface area contributed by atoms with Gasteiger partial charge in [-0.2, -0.15) is 0 Å². The molecule has 4 aromatic rings. The monoisotopic (exact) mass is 364 g/mol. The second-order valence-corrected chi connectivity index (χ2v) is 7.23. The summed E-state index contributed by atoms with van der Waals surface area (Å²) in [6, 6.07) is 14.6. The molecule has 5 heteroatoms. The molecule has 0 fully saturated rings. The van der Waals surface area contributed by atoms with Gasteiger partial charge in [0.1, 0.15) is 10.4 Å².